The molecule has 0 atom stereocenters. The number of pyridine rings is 1. The predicted octanol–water partition coefficient (Wildman–Crippen LogP) is 2.43. The van der Waals surface area contributed by atoms with Crippen LogP contribution < -0.4 is 10.6 Å². The van der Waals surface area contributed by atoms with Gasteiger partial charge in [0, 0.05) is 18.9 Å². The number of nitrogens with zero attached hydrogens (tertiary/aromatic N) is 2. The Bertz CT molecular complexity index is 697. The Morgan fingerprint density at radius 3 is 2.83 bits per heavy atom. The van der Waals surface area contributed by atoms with Crippen molar-refractivity contribution in [2.75, 3.05) is 24.3 Å². The quantitative estimate of drug-likeness (QED) is 0.602. The van der Waals surface area contributed by atoms with E-state index in [1.807, 2.05) is 0 Å². The number of urea groups is 1. The lowest BCUT2D eigenvalue weighted by Crippen LogP contribution is -2.20. The summed E-state index contributed by atoms with van der Waals surface area (Å²) < 4.78 is 13.7. The van der Waals surface area contributed by atoms with Crippen molar-refractivity contribution in [2.45, 2.75) is 6.42 Å². The molecule has 3 amide bonds. The fraction of sp³-hybridized carbons (Fsp3) is 0.188. The molecule has 1 aromatic heterocycles. The molecule has 0 radical (unpaired) electrons. The van der Waals surface area contributed by atoms with Crippen LogP contribution in [0.1, 0.15) is 5.56 Å². The summed E-state index contributed by atoms with van der Waals surface area (Å²) in [6.45, 7) is 0.208. The fourth-order valence-electron chi connectivity index (χ4n) is 1.93. The topological polar surface area (TPSA) is 83.6 Å². The molecule has 126 valence electrons. The van der Waals surface area contributed by atoms with E-state index in [1.165, 1.54) is 25.4 Å². The predicted molar refractivity (Wildman–Crippen MR) is 86.8 cm³/mol. The fourth-order valence-corrected chi connectivity index (χ4v) is 1.93. The third-order valence-corrected chi connectivity index (χ3v) is 2.97. The van der Waals surface area contributed by atoms with Gasteiger partial charge in [0.2, 0.25) is 6.41 Å². The summed E-state index contributed by atoms with van der Waals surface area (Å²) in [5.41, 5.74) is 1.47. The molecule has 2 N–H and O–H groups in total. The summed E-state index contributed by atoms with van der Waals surface area (Å²) in [4.78, 5) is 31.3. The second kappa shape index (κ2) is 8.59. The first-order chi connectivity index (χ1) is 11.6. The summed E-state index contributed by atoms with van der Waals surface area (Å²) in [5, 5.41) is 6.17. The zero-order chi connectivity index (χ0) is 17.4. The molecule has 0 spiro atoms. The van der Waals surface area contributed by atoms with E-state index in [2.05, 4.69) is 15.6 Å². The van der Waals surface area contributed by atoms with Gasteiger partial charge in [-0.05, 0) is 42.3 Å². The Morgan fingerprint density at radius 2 is 2.12 bits per heavy atom. The molecule has 2 aromatic rings. The number of hydrogen-bond donors (Lipinski definition) is 2. The monoisotopic (exact) mass is 332 g/mol. The standard InChI is InChI=1S/C16H17FN4O3/c1-21(11-22)24-6-4-12-7-13(17)9-15(8-12)20-16(23)19-14-3-2-5-18-10-14/h2-3,5,7-11H,4,6H2,1H3,(H2,19,20,23). The largest absolute Gasteiger partial charge is 0.323 e. The van der Waals surface area contributed by atoms with Gasteiger partial charge < -0.3 is 10.6 Å². The van der Waals surface area contributed by atoms with E-state index in [9.17, 15) is 14.0 Å². The second-order valence-corrected chi connectivity index (χ2v) is 4.90. The van der Waals surface area contributed by atoms with E-state index in [0.29, 0.717) is 29.8 Å². The molecule has 0 saturated carbocycles. The third-order valence-electron chi connectivity index (χ3n) is 2.97. The lowest BCUT2D eigenvalue weighted by molar-refractivity contribution is -0.162. The number of carbonyl (C=O) groups is 2. The first kappa shape index (κ1) is 17.4. The van der Waals surface area contributed by atoms with Gasteiger partial charge in [0.15, 0.2) is 0 Å². The number of benzene rings is 1. The van der Waals surface area contributed by atoms with Gasteiger partial charge in [0.05, 0.1) is 18.5 Å². The maximum atomic E-state index is 13.7. The molecule has 7 nitrogen and oxygen atoms in total. The smallest absolute Gasteiger partial charge is 0.308 e. The highest BCUT2D eigenvalue weighted by atomic mass is 19.1. The molecule has 0 saturated heterocycles. The Hall–Kier alpha value is -3.00. The summed E-state index contributed by atoms with van der Waals surface area (Å²) in [7, 11) is 1.47. The van der Waals surface area contributed by atoms with E-state index in [4.69, 9.17) is 4.84 Å². The number of carbonyl (C=O) groups excluding carboxylic acids is 2. The molecular weight excluding hydrogens is 315 g/mol. The number of aromatic nitrogens is 1. The van der Waals surface area contributed by atoms with Crippen molar-refractivity contribution in [1.29, 1.82) is 0 Å². The minimum absolute atomic E-state index is 0.208. The number of halogens is 1. The Morgan fingerprint density at radius 1 is 1.33 bits per heavy atom. The van der Waals surface area contributed by atoms with E-state index in [-0.39, 0.29) is 6.61 Å². The van der Waals surface area contributed by atoms with Gasteiger partial charge in [0.1, 0.15) is 5.82 Å². The average molecular weight is 332 g/mol. The number of hydrogen-bond acceptors (Lipinski definition) is 4. The van der Waals surface area contributed by atoms with E-state index in [1.54, 1.807) is 24.4 Å². The van der Waals surface area contributed by atoms with Crippen LogP contribution in [0.2, 0.25) is 0 Å². The van der Waals surface area contributed by atoms with Crippen LogP contribution in [-0.4, -0.2) is 36.1 Å². The molecule has 8 heteroatoms. The normalized spacial score (nSPS) is 10.1. The molecular formula is C16H17FN4O3. The lowest BCUT2D eigenvalue weighted by Gasteiger charge is -2.12. The van der Waals surface area contributed by atoms with Crippen LogP contribution in [0.15, 0.2) is 42.7 Å². The minimum atomic E-state index is -0.503. The van der Waals surface area contributed by atoms with Crippen LogP contribution >= 0.6 is 0 Å². The Balaban J connectivity index is 1.94. The molecule has 1 heterocycles. The number of nitrogens with one attached hydrogen (secondary N) is 2. The van der Waals surface area contributed by atoms with Crippen LogP contribution in [0.4, 0.5) is 20.6 Å². The van der Waals surface area contributed by atoms with Crippen molar-refractivity contribution in [2.24, 2.45) is 0 Å². The summed E-state index contributed by atoms with van der Waals surface area (Å²) in [5.74, 6) is -0.479. The second-order valence-electron chi connectivity index (χ2n) is 4.90. The highest BCUT2D eigenvalue weighted by Crippen LogP contribution is 2.15. The van der Waals surface area contributed by atoms with Crippen LogP contribution in [0.25, 0.3) is 0 Å². The van der Waals surface area contributed by atoms with Crippen LogP contribution in [0.5, 0.6) is 0 Å². The molecule has 0 unspecified atom stereocenters. The summed E-state index contributed by atoms with van der Waals surface area (Å²) in [6.07, 6.45) is 4.00. The zero-order valence-electron chi connectivity index (χ0n) is 13.0. The summed E-state index contributed by atoms with van der Waals surface area (Å²) in [6, 6.07) is 7.06. The molecule has 0 bridgehead atoms. The van der Waals surface area contributed by atoms with Crippen LogP contribution in [0.3, 0.4) is 0 Å². The van der Waals surface area contributed by atoms with Crippen molar-refractivity contribution in [3.05, 3.63) is 54.1 Å². The molecule has 1 aromatic carbocycles. The SMILES string of the molecule is CN(C=O)OCCc1cc(F)cc(NC(=O)Nc2cccnc2)c1. The van der Waals surface area contributed by atoms with E-state index >= 15 is 0 Å². The highest BCUT2D eigenvalue weighted by Gasteiger charge is 2.06. The summed E-state index contributed by atoms with van der Waals surface area (Å²) >= 11 is 0. The number of hydroxylamine groups is 2. The van der Waals surface area contributed by atoms with Crippen molar-refractivity contribution < 1.29 is 18.8 Å². The molecule has 0 aliphatic carbocycles. The highest BCUT2D eigenvalue weighted by molar-refractivity contribution is 5.99. The molecule has 0 fully saturated rings. The van der Waals surface area contributed by atoms with Crippen LogP contribution in [0, 0.1) is 5.82 Å². The van der Waals surface area contributed by atoms with Gasteiger partial charge in [0.25, 0.3) is 0 Å². The maximum Gasteiger partial charge on any atom is 0.323 e. The number of rotatable bonds is 7. The first-order valence-electron chi connectivity index (χ1n) is 7.15. The van der Waals surface area contributed by atoms with Gasteiger partial charge in [-0.1, -0.05) is 0 Å². The van der Waals surface area contributed by atoms with Gasteiger partial charge in [-0.2, -0.15) is 0 Å². The minimum Gasteiger partial charge on any atom is -0.308 e. The van der Waals surface area contributed by atoms with Crippen molar-refractivity contribution in [3.8, 4) is 0 Å². The van der Waals surface area contributed by atoms with Crippen LogP contribution in [-0.2, 0) is 16.1 Å². The Kier molecular flexibility index (Phi) is 6.21. The van der Waals surface area contributed by atoms with Gasteiger partial charge in [-0.25, -0.2) is 14.2 Å². The maximum absolute atomic E-state index is 13.7. The van der Waals surface area contributed by atoms with Crippen molar-refractivity contribution in [1.82, 2.24) is 10.0 Å². The zero-order valence-corrected chi connectivity index (χ0v) is 13.0. The molecule has 2 rings (SSSR count). The van der Waals surface area contributed by atoms with E-state index < -0.39 is 11.8 Å². The number of amides is 3. The first-order valence-corrected chi connectivity index (χ1v) is 7.15. The Labute approximate surface area is 138 Å². The van der Waals surface area contributed by atoms with Crippen molar-refractivity contribution in [3.63, 3.8) is 0 Å². The number of anilines is 2. The van der Waals surface area contributed by atoms with Gasteiger partial charge in [-0.3, -0.25) is 14.6 Å². The van der Waals surface area contributed by atoms with Gasteiger partial charge in [-0.15, -0.1) is 0 Å². The van der Waals surface area contributed by atoms with E-state index in [0.717, 1.165) is 5.06 Å². The van der Waals surface area contributed by atoms with Gasteiger partial charge >= 0.3 is 6.03 Å². The lowest BCUT2D eigenvalue weighted by atomic mass is 10.1. The van der Waals surface area contributed by atoms with Crippen molar-refractivity contribution >= 4 is 23.8 Å². The average Bonchev–Trinajstić information content (AvgIpc) is 2.55. The third kappa shape index (κ3) is 5.65. The molecule has 24 heavy (non-hydrogen) atoms. The molecule has 0 aliphatic rings. The molecule has 0 aliphatic heterocycles.